The van der Waals surface area contributed by atoms with Crippen LogP contribution in [-0.2, 0) is 0 Å². The lowest BCUT2D eigenvalue weighted by atomic mass is 10.1. The topological polar surface area (TPSA) is 66.8 Å². The van der Waals surface area contributed by atoms with Gasteiger partial charge in [-0.2, -0.15) is 0 Å². The van der Waals surface area contributed by atoms with Crippen LogP contribution in [0.2, 0.25) is 0 Å². The summed E-state index contributed by atoms with van der Waals surface area (Å²) >= 11 is 0. The van der Waals surface area contributed by atoms with E-state index in [1.807, 2.05) is 0 Å². The van der Waals surface area contributed by atoms with Crippen LogP contribution >= 0.6 is 0 Å². The van der Waals surface area contributed by atoms with E-state index in [4.69, 9.17) is 9.84 Å². The van der Waals surface area contributed by atoms with E-state index in [2.05, 4.69) is 0 Å². The maximum atomic E-state index is 10.8. The van der Waals surface area contributed by atoms with Gasteiger partial charge in [0.25, 0.3) is 0 Å². The number of carbonyl (C=O) groups is 1. The molecule has 1 aromatic rings. The van der Waals surface area contributed by atoms with Gasteiger partial charge in [-0.15, -0.1) is 0 Å². The van der Waals surface area contributed by atoms with Gasteiger partial charge in [0.1, 0.15) is 17.9 Å². The molecule has 4 nitrogen and oxygen atoms in total. The number of para-hydroxylation sites is 1. The highest BCUT2D eigenvalue weighted by molar-refractivity contribution is 5.90. The quantitative estimate of drug-likeness (QED) is 0.791. The second-order valence-electron chi connectivity index (χ2n) is 3.90. The molecule has 0 aromatic heterocycles. The smallest absolute Gasteiger partial charge is 0.339 e. The Labute approximate surface area is 88.1 Å². The van der Waals surface area contributed by atoms with Crippen LogP contribution in [0, 0.1) is 0 Å². The number of hydrogen-bond acceptors (Lipinski definition) is 3. The lowest BCUT2D eigenvalue weighted by Gasteiger charge is -2.18. The van der Waals surface area contributed by atoms with Crippen LogP contribution in [0.4, 0.5) is 0 Å². The van der Waals surface area contributed by atoms with Gasteiger partial charge in [-0.05, 0) is 26.0 Å². The predicted molar refractivity (Wildman–Crippen MR) is 55.2 cm³/mol. The van der Waals surface area contributed by atoms with Crippen molar-refractivity contribution < 1.29 is 19.7 Å². The molecule has 0 radical (unpaired) electrons. The molecule has 4 heteroatoms. The van der Waals surface area contributed by atoms with Gasteiger partial charge >= 0.3 is 5.97 Å². The van der Waals surface area contributed by atoms with Crippen LogP contribution in [0.5, 0.6) is 5.75 Å². The van der Waals surface area contributed by atoms with Crippen molar-refractivity contribution in [1.29, 1.82) is 0 Å². The van der Waals surface area contributed by atoms with Crippen LogP contribution in [0.15, 0.2) is 24.3 Å². The minimum absolute atomic E-state index is 0.0529. The van der Waals surface area contributed by atoms with E-state index < -0.39 is 11.6 Å². The third-order valence-electron chi connectivity index (χ3n) is 1.70. The normalized spacial score (nSPS) is 11.1. The first-order valence-electron chi connectivity index (χ1n) is 4.58. The Morgan fingerprint density at radius 1 is 1.40 bits per heavy atom. The Morgan fingerprint density at radius 2 is 2.00 bits per heavy atom. The molecule has 0 aliphatic heterocycles. The summed E-state index contributed by atoms with van der Waals surface area (Å²) < 4.78 is 5.23. The summed E-state index contributed by atoms with van der Waals surface area (Å²) in [5.41, 5.74) is -0.882. The molecule has 0 saturated heterocycles. The van der Waals surface area contributed by atoms with E-state index in [0.29, 0.717) is 0 Å². The predicted octanol–water partition coefficient (Wildman–Crippen LogP) is 1.53. The van der Waals surface area contributed by atoms with Gasteiger partial charge in [0, 0.05) is 0 Å². The second-order valence-corrected chi connectivity index (χ2v) is 3.90. The zero-order valence-electron chi connectivity index (χ0n) is 8.73. The van der Waals surface area contributed by atoms with Gasteiger partial charge in [0.15, 0.2) is 0 Å². The Hall–Kier alpha value is -1.55. The van der Waals surface area contributed by atoms with Gasteiger partial charge in [-0.3, -0.25) is 0 Å². The Balaban J connectivity index is 2.81. The number of hydrogen-bond donors (Lipinski definition) is 2. The molecule has 0 bridgehead atoms. The number of aromatic carboxylic acids is 1. The highest BCUT2D eigenvalue weighted by atomic mass is 16.5. The zero-order chi connectivity index (χ0) is 11.5. The highest BCUT2D eigenvalue weighted by Crippen LogP contribution is 2.19. The van der Waals surface area contributed by atoms with Crippen LogP contribution in [0.25, 0.3) is 0 Å². The lowest BCUT2D eigenvalue weighted by Crippen LogP contribution is -2.28. The average molecular weight is 210 g/mol. The molecule has 15 heavy (non-hydrogen) atoms. The molecule has 0 aliphatic rings. The van der Waals surface area contributed by atoms with Crippen LogP contribution < -0.4 is 4.74 Å². The number of benzene rings is 1. The van der Waals surface area contributed by atoms with Crippen molar-refractivity contribution in [3.8, 4) is 5.75 Å². The van der Waals surface area contributed by atoms with Gasteiger partial charge in [0.05, 0.1) is 5.60 Å². The maximum absolute atomic E-state index is 10.8. The van der Waals surface area contributed by atoms with Crippen LogP contribution in [0.3, 0.4) is 0 Å². The molecule has 0 atom stereocenters. The summed E-state index contributed by atoms with van der Waals surface area (Å²) in [6.07, 6.45) is 0. The first-order valence-corrected chi connectivity index (χ1v) is 4.58. The average Bonchev–Trinajstić information content (AvgIpc) is 2.14. The summed E-state index contributed by atoms with van der Waals surface area (Å²) in [4.78, 5) is 10.8. The number of aliphatic hydroxyl groups is 1. The Morgan fingerprint density at radius 3 is 2.53 bits per heavy atom. The molecular weight excluding hydrogens is 196 g/mol. The molecule has 0 fully saturated rings. The van der Waals surface area contributed by atoms with E-state index in [0.717, 1.165) is 0 Å². The summed E-state index contributed by atoms with van der Waals surface area (Å²) in [6.45, 7) is 3.24. The van der Waals surface area contributed by atoms with Gasteiger partial charge in [0.2, 0.25) is 0 Å². The fourth-order valence-corrected chi connectivity index (χ4v) is 1.02. The van der Waals surface area contributed by atoms with Crippen molar-refractivity contribution in [3.63, 3.8) is 0 Å². The van der Waals surface area contributed by atoms with Crippen molar-refractivity contribution in [2.75, 3.05) is 6.61 Å². The van der Waals surface area contributed by atoms with E-state index in [1.165, 1.54) is 6.07 Å². The molecular formula is C11H14O4. The SMILES string of the molecule is CC(C)(O)COc1ccccc1C(=O)O. The van der Waals surface area contributed by atoms with Crippen molar-refractivity contribution >= 4 is 5.97 Å². The monoisotopic (exact) mass is 210 g/mol. The number of ether oxygens (including phenoxy) is 1. The van der Waals surface area contributed by atoms with E-state index >= 15 is 0 Å². The Kier molecular flexibility index (Phi) is 3.31. The molecule has 0 saturated carbocycles. The highest BCUT2D eigenvalue weighted by Gasteiger charge is 2.16. The third-order valence-corrected chi connectivity index (χ3v) is 1.70. The van der Waals surface area contributed by atoms with Crippen molar-refractivity contribution in [3.05, 3.63) is 29.8 Å². The molecule has 82 valence electrons. The second kappa shape index (κ2) is 4.31. The summed E-state index contributed by atoms with van der Waals surface area (Å²) in [5, 5.41) is 18.3. The molecule has 0 amide bonds. The van der Waals surface area contributed by atoms with Crippen molar-refractivity contribution in [2.45, 2.75) is 19.4 Å². The molecule has 0 heterocycles. The first kappa shape index (κ1) is 11.5. The number of carboxylic acid groups (broad SMARTS) is 1. The van der Waals surface area contributed by atoms with Crippen molar-refractivity contribution in [1.82, 2.24) is 0 Å². The molecule has 2 N–H and O–H groups in total. The summed E-state index contributed by atoms with van der Waals surface area (Å²) in [5.74, 6) is -0.770. The van der Waals surface area contributed by atoms with E-state index in [-0.39, 0.29) is 17.9 Å². The molecule has 1 rings (SSSR count). The Bertz CT molecular complexity index is 352. The maximum Gasteiger partial charge on any atom is 0.339 e. The summed E-state index contributed by atoms with van der Waals surface area (Å²) in [6, 6.07) is 6.34. The third kappa shape index (κ3) is 3.59. The molecule has 0 unspecified atom stereocenters. The van der Waals surface area contributed by atoms with Crippen molar-refractivity contribution in [2.24, 2.45) is 0 Å². The fourth-order valence-electron chi connectivity index (χ4n) is 1.02. The van der Waals surface area contributed by atoms with Gasteiger partial charge in [-0.25, -0.2) is 4.79 Å². The number of carboxylic acids is 1. The minimum Gasteiger partial charge on any atom is -0.490 e. The van der Waals surface area contributed by atoms with E-state index in [1.54, 1.807) is 32.0 Å². The summed E-state index contributed by atoms with van der Waals surface area (Å²) in [7, 11) is 0. The van der Waals surface area contributed by atoms with E-state index in [9.17, 15) is 9.90 Å². The van der Waals surface area contributed by atoms with Gasteiger partial charge in [-0.1, -0.05) is 12.1 Å². The lowest BCUT2D eigenvalue weighted by molar-refractivity contribution is 0.0275. The van der Waals surface area contributed by atoms with Gasteiger partial charge < -0.3 is 14.9 Å². The molecule has 0 spiro atoms. The molecule has 1 aromatic carbocycles. The van der Waals surface area contributed by atoms with Crippen LogP contribution in [0.1, 0.15) is 24.2 Å². The number of rotatable bonds is 4. The standard InChI is InChI=1S/C11H14O4/c1-11(2,14)7-15-9-6-4-3-5-8(9)10(12)13/h3-6,14H,7H2,1-2H3,(H,12,13). The molecule has 0 aliphatic carbocycles. The largest absolute Gasteiger partial charge is 0.490 e. The first-order chi connectivity index (χ1) is 6.90. The minimum atomic E-state index is -1.04. The fraction of sp³-hybridized carbons (Fsp3) is 0.364. The van der Waals surface area contributed by atoms with Crippen LogP contribution in [-0.4, -0.2) is 28.4 Å². The zero-order valence-corrected chi connectivity index (χ0v) is 8.73.